The first-order valence-electron chi connectivity index (χ1n) is 12.0. The fourth-order valence-corrected chi connectivity index (χ4v) is 5.77. The van der Waals surface area contributed by atoms with Gasteiger partial charge in [-0.05, 0) is 59.0 Å². The molecule has 0 spiro atoms. The highest BCUT2D eigenvalue weighted by Gasteiger charge is 2.33. The van der Waals surface area contributed by atoms with Crippen molar-refractivity contribution in [1.82, 2.24) is 4.57 Å². The van der Waals surface area contributed by atoms with Gasteiger partial charge in [-0.3, -0.25) is 19.5 Å². The Morgan fingerprint density at radius 3 is 2.61 bits per heavy atom. The number of hydrogen-bond acceptors (Lipinski definition) is 8. The van der Waals surface area contributed by atoms with Gasteiger partial charge in [0.25, 0.3) is 5.56 Å². The first-order chi connectivity index (χ1) is 18.2. The molecule has 0 saturated heterocycles. The first kappa shape index (κ1) is 27.5. The number of carbonyl (C=O) groups excluding carboxylic acids is 1. The van der Waals surface area contributed by atoms with Crippen LogP contribution in [-0.2, 0) is 9.53 Å². The van der Waals surface area contributed by atoms with Crippen molar-refractivity contribution in [1.29, 1.82) is 0 Å². The Bertz CT molecular complexity index is 1610. The van der Waals surface area contributed by atoms with Crippen molar-refractivity contribution in [2.45, 2.75) is 45.8 Å². The number of nitrogens with zero attached hydrogens (tertiary/aromatic N) is 3. The highest BCUT2D eigenvalue weighted by molar-refractivity contribution is 9.10. The number of hydrogen-bond donors (Lipinski definition) is 0. The molecular formula is C27H26BrN3O6S. The van der Waals surface area contributed by atoms with E-state index in [-0.39, 0.29) is 23.1 Å². The van der Waals surface area contributed by atoms with Crippen molar-refractivity contribution in [2.75, 3.05) is 7.11 Å². The number of rotatable bonds is 8. The largest absolute Gasteiger partial charge is 0.483 e. The quantitative estimate of drug-likeness (QED) is 0.212. The van der Waals surface area contributed by atoms with E-state index in [1.54, 1.807) is 12.1 Å². The Balaban J connectivity index is 1.93. The van der Waals surface area contributed by atoms with Gasteiger partial charge in [-0.15, -0.1) is 0 Å². The minimum atomic E-state index is -0.718. The van der Waals surface area contributed by atoms with Crippen LogP contribution >= 0.6 is 27.3 Å². The molecule has 2 atom stereocenters. The molecule has 1 aliphatic heterocycles. The van der Waals surface area contributed by atoms with Crippen LogP contribution < -0.4 is 19.6 Å². The Labute approximate surface area is 231 Å². The number of aromatic nitrogens is 1. The third-order valence-electron chi connectivity index (χ3n) is 6.20. The van der Waals surface area contributed by atoms with Crippen LogP contribution in [0.25, 0.3) is 6.08 Å². The fourth-order valence-electron chi connectivity index (χ4n) is 4.19. The van der Waals surface area contributed by atoms with Gasteiger partial charge in [0.2, 0.25) is 5.75 Å². The number of esters is 1. The lowest BCUT2D eigenvalue weighted by Crippen LogP contribution is -2.40. The third-order valence-corrected chi connectivity index (χ3v) is 7.77. The van der Waals surface area contributed by atoms with Crippen LogP contribution in [0.2, 0.25) is 0 Å². The monoisotopic (exact) mass is 599 g/mol. The number of methoxy groups -OCH3 is 1. The molecule has 0 fully saturated rings. The van der Waals surface area contributed by atoms with Crippen LogP contribution in [0.15, 0.2) is 68.0 Å². The molecule has 0 bridgehead atoms. The van der Waals surface area contributed by atoms with E-state index in [9.17, 15) is 19.7 Å². The smallest absolute Gasteiger partial charge is 0.338 e. The van der Waals surface area contributed by atoms with Crippen LogP contribution in [0.5, 0.6) is 5.75 Å². The average molecular weight is 600 g/mol. The summed E-state index contributed by atoms with van der Waals surface area (Å²) in [5.41, 5.74) is 1.48. The van der Waals surface area contributed by atoms with Crippen LogP contribution in [0.3, 0.4) is 0 Å². The molecule has 1 aromatic heterocycles. The second kappa shape index (κ2) is 11.4. The Hall–Kier alpha value is -3.57. The minimum absolute atomic E-state index is 0.141. The van der Waals surface area contributed by atoms with E-state index < -0.39 is 16.9 Å². The van der Waals surface area contributed by atoms with Crippen LogP contribution in [-0.4, -0.2) is 28.7 Å². The van der Waals surface area contributed by atoms with Gasteiger partial charge in [0.15, 0.2) is 4.80 Å². The van der Waals surface area contributed by atoms with E-state index in [0.717, 1.165) is 16.9 Å². The van der Waals surface area contributed by atoms with Crippen molar-refractivity contribution in [2.24, 2.45) is 4.99 Å². The van der Waals surface area contributed by atoms with Crippen molar-refractivity contribution in [3.05, 3.63) is 99.1 Å². The van der Waals surface area contributed by atoms with Gasteiger partial charge in [-0.1, -0.05) is 55.5 Å². The van der Waals surface area contributed by atoms with E-state index in [2.05, 4.69) is 20.9 Å². The molecular weight excluding hydrogens is 574 g/mol. The van der Waals surface area contributed by atoms with Gasteiger partial charge in [0, 0.05) is 6.07 Å². The SMILES string of the molecule is CCC1=C(C(=O)OC)[C@H](c2ccccc2)n2c(s/c(=C/c3cc(Br)c(O[C@H](C)CC)c([N+](=O)[O-])c3)c2=O)=N1. The summed E-state index contributed by atoms with van der Waals surface area (Å²) in [6.07, 6.45) is 2.52. The van der Waals surface area contributed by atoms with Gasteiger partial charge in [-0.2, -0.15) is 0 Å². The molecule has 1 aliphatic rings. The molecule has 2 heterocycles. The number of halogens is 1. The number of benzene rings is 2. The number of thiazole rings is 1. The second-order valence-electron chi connectivity index (χ2n) is 8.64. The van der Waals surface area contributed by atoms with Gasteiger partial charge in [0.1, 0.15) is 0 Å². The van der Waals surface area contributed by atoms with Crippen molar-refractivity contribution < 1.29 is 19.2 Å². The van der Waals surface area contributed by atoms with Gasteiger partial charge < -0.3 is 9.47 Å². The highest BCUT2D eigenvalue weighted by Crippen LogP contribution is 2.37. The molecule has 38 heavy (non-hydrogen) atoms. The van der Waals surface area contributed by atoms with Crippen LogP contribution in [0, 0.1) is 10.1 Å². The molecule has 198 valence electrons. The summed E-state index contributed by atoms with van der Waals surface area (Å²) in [7, 11) is 1.30. The van der Waals surface area contributed by atoms with Gasteiger partial charge in [0.05, 0.1) is 44.5 Å². The number of allylic oxidation sites excluding steroid dienone is 1. The second-order valence-corrected chi connectivity index (χ2v) is 10.5. The van der Waals surface area contributed by atoms with E-state index in [1.165, 1.54) is 17.7 Å². The molecule has 0 radical (unpaired) electrons. The molecule has 0 saturated carbocycles. The molecule has 3 aromatic rings. The van der Waals surface area contributed by atoms with Crippen LogP contribution in [0.4, 0.5) is 5.69 Å². The lowest BCUT2D eigenvalue weighted by molar-refractivity contribution is -0.386. The van der Waals surface area contributed by atoms with Crippen molar-refractivity contribution in [3.8, 4) is 5.75 Å². The topological polar surface area (TPSA) is 113 Å². The predicted octanol–water partition coefficient (Wildman–Crippen LogP) is 4.65. The fraction of sp³-hybridized carbons (Fsp3) is 0.296. The van der Waals surface area contributed by atoms with Crippen LogP contribution in [0.1, 0.15) is 50.8 Å². The Morgan fingerprint density at radius 1 is 1.29 bits per heavy atom. The van der Waals surface area contributed by atoms with E-state index in [0.29, 0.717) is 43.5 Å². The van der Waals surface area contributed by atoms with Crippen molar-refractivity contribution >= 4 is 45.0 Å². The van der Waals surface area contributed by atoms with Crippen molar-refractivity contribution in [3.63, 3.8) is 0 Å². The number of carbonyl (C=O) groups is 1. The molecule has 2 aromatic carbocycles. The summed E-state index contributed by atoms with van der Waals surface area (Å²) in [4.78, 5) is 43.0. The molecule has 11 heteroatoms. The lowest BCUT2D eigenvalue weighted by atomic mass is 9.95. The summed E-state index contributed by atoms with van der Waals surface area (Å²) < 4.78 is 13.1. The maximum atomic E-state index is 13.7. The maximum absolute atomic E-state index is 13.7. The number of ether oxygens (including phenoxy) is 2. The molecule has 0 aliphatic carbocycles. The summed E-state index contributed by atoms with van der Waals surface area (Å²) in [6, 6.07) is 11.6. The average Bonchev–Trinajstić information content (AvgIpc) is 3.22. The van der Waals surface area contributed by atoms with Gasteiger partial charge >= 0.3 is 11.7 Å². The normalized spacial score (nSPS) is 16.0. The summed E-state index contributed by atoms with van der Waals surface area (Å²) in [5, 5.41) is 11.8. The van der Waals surface area contributed by atoms with E-state index >= 15 is 0 Å². The summed E-state index contributed by atoms with van der Waals surface area (Å²) in [5.74, 6) is -0.410. The highest BCUT2D eigenvalue weighted by atomic mass is 79.9. The Kier molecular flexibility index (Phi) is 8.27. The van der Waals surface area contributed by atoms with E-state index in [1.807, 2.05) is 51.1 Å². The molecule has 9 nitrogen and oxygen atoms in total. The molecule has 4 rings (SSSR count). The third kappa shape index (κ3) is 5.21. The zero-order valence-electron chi connectivity index (χ0n) is 21.3. The van der Waals surface area contributed by atoms with Gasteiger partial charge in [-0.25, -0.2) is 9.79 Å². The predicted molar refractivity (Wildman–Crippen MR) is 148 cm³/mol. The standard InChI is InChI=1S/C27H26BrN3O6S/c1-5-15(3)37-24-18(28)12-16(13-20(24)31(34)35)14-21-25(32)30-23(17-10-8-7-9-11-17)22(26(33)36-4)19(6-2)29-27(30)38-21/h7-15,23H,5-6H2,1-4H3/b21-14+/t15-,23+/m1/s1. The summed E-state index contributed by atoms with van der Waals surface area (Å²) in [6.45, 7) is 5.65. The Morgan fingerprint density at radius 2 is 2.00 bits per heavy atom. The number of nitro benzene ring substituents is 1. The molecule has 0 N–H and O–H groups in total. The molecule has 0 unspecified atom stereocenters. The minimum Gasteiger partial charge on any atom is -0.483 e. The lowest BCUT2D eigenvalue weighted by Gasteiger charge is -2.25. The summed E-state index contributed by atoms with van der Waals surface area (Å²) >= 11 is 4.56. The zero-order valence-corrected chi connectivity index (χ0v) is 23.7. The zero-order chi connectivity index (χ0) is 27.6. The molecule has 0 amide bonds. The number of fused-ring (bicyclic) bond motifs is 1. The maximum Gasteiger partial charge on any atom is 0.338 e. The first-order valence-corrected chi connectivity index (χ1v) is 13.6. The number of nitro groups is 1. The van der Waals surface area contributed by atoms with E-state index in [4.69, 9.17) is 9.47 Å².